The van der Waals surface area contributed by atoms with Gasteiger partial charge in [0, 0.05) is 24.3 Å². The Morgan fingerprint density at radius 3 is 2.79 bits per heavy atom. The van der Waals surface area contributed by atoms with Crippen LogP contribution < -0.4 is 5.73 Å². The zero-order valence-electron chi connectivity index (χ0n) is 16.8. The molecule has 5 rings (SSSR count). The van der Waals surface area contributed by atoms with Crippen molar-refractivity contribution in [3.63, 3.8) is 0 Å². The number of aliphatic imine (C=N–C) groups is 1. The number of ether oxygens (including phenoxy) is 2. The minimum atomic E-state index is -0.490. The highest BCUT2D eigenvalue weighted by Crippen LogP contribution is 2.62. The Hall–Kier alpha value is -2.47. The van der Waals surface area contributed by atoms with Gasteiger partial charge in [-0.1, -0.05) is 19.1 Å². The first-order chi connectivity index (χ1) is 14.0. The van der Waals surface area contributed by atoms with Crippen LogP contribution in [0.2, 0.25) is 0 Å². The normalized spacial score (nSPS) is 33.0. The molecule has 0 saturated heterocycles. The smallest absolute Gasteiger partial charge is 0.283 e. The molecular formula is C23H26FN3O2. The third-order valence-corrected chi connectivity index (χ3v) is 7.29. The Balaban J connectivity index is 1.62. The van der Waals surface area contributed by atoms with Gasteiger partial charge in [0.2, 0.25) is 0 Å². The van der Waals surface area contributed by atoms with E-state index in [0.29, 0.717) is 12.5 Å². The number of fused-ring (bicyclic) bond motifs is 3. The lowest BCUT2D eigenvalue weighted by Gasteiger charge is -2.47. The van der Waals surface area contributed by atoms with Gasteiger partial charge in [-0.3, -0.25) is 4.98 Å². The van der Waals surface area contributed by atoms with Gasteiger partial charge in [0.1, 0.15) is 18.0 Å². The molecule has 0 bridgehead atoms. The van der Waals surface area contributed by atoms with Crippen LogP contribution in [0.1, 0.15) is 37.3 Å². The van der Waals surface area contributed by atoms with E-state index in [9.17, 15) is 4.39 Å². The number of amidine groups is 1. The molecule has 3 aliphatic rings. The van der Waals surface area contributed by atoms with Crippen molar-refractivity contribution >= 4 is 6.02 Å². The second-order valence-electron chi connectivity index (χ2n) is 8.81. The third-order valence-electron chi connectivity index (χ3n) is 7.29. The summed E-state index contributed by atoms with van der Waals surface area (Å²) in [5.74, 6) is 0.0937. The summed E-state index contributed by atoms with van der Waals surface area (Å²) in [6.07, 6.45) is 7.17. The number of nitrogens with zero attached hydrogens (tertiary/aromatic N) is 2. The lowest BCUT2D eigenvalue weighted by molar-refractivity contribution is -0.0445. The van der Waals surface area contributed by atoms with E-state index in [1.165, 1.54) is 17.8 Å². The number of rotatable bonds is 2. The van der Waals surface area contributed by atoms with Crippen LogP contribution in [0.3, 0.4) is 0 Å². The summed E-state index contributed by atoms with van der Waals surface area (Å²) in [6.45, 7) is 2.72. The molecule has 1 aliphatic heterocycles. The molecule has 2 aliphatic carbocycles. The summed E-state index contributed by atoms with van der Waals surface area (Å²) >= 11 is 0. The summed E-state index contributed by atoms with van der Waals surface area (Å²) in [7, 11) is 1.80. The maximum atomic E-state index is 13.7. The Morgan fingerprint density at radius 1 is 1.24 bits per heavy atom. The van der Waals surface area contributed by atoms with Gasteiger partial charge in [0.05, 0.1) is 12.3 Å². The molecule has 2 aromatic rings. The van der Waals surface area contributed by atoms with Crippen LogP contribution in [0.4, 0.5) is 4.39 Å². The molecule has 2 N–H and O–H groups in total. The van der Waals surface area contributed by atoms with Crippen molar-refractivity contribution in [1.82, 2.24) is 4.98 Å². The van der Waals surface area contributed by atoms with E-state index in [0.717, 1.165) is 42.4 Å². The first kappa shape index (κ1) is 18.6. The quantitative estimate of drug-likeness (QED) is 0.840. The van der Waals surface area contributed by atoms with Crippen LogP contribution in [0.25, 0.3) is 11.1 Å². The summed E-state index contributed by atoms with van der Waals surface area (Å²) < 4.78 is 25.2. The molecule has 1 fully saturated rings. The zero-order valence-corrected chi connectivity index (χ0v) is 16.8. The fraction of sp³-hybridized carbons (Fsp3) is 0.478. The van der Waals surface area contributed by atoms with Gasteiger partial charge in [-0.15, -0.1) is 0 Å². The summed E-state index contributed by atoms with van der Waals surface area (Å²) in [5, 5.41) is 0. The fourth-order valence-electron chi connectivity index (χ4n) is 5.94. The molecule has 29 heavy (non-hydrogen) atoms. The maximum Gasteiger partial charge on any atom is 0.283 e. The molecule has 5 nitrogen and oxygen atoms in total. The van der Waals surface area contributed by atoms with E-state index in [-0.39, 0.29) is 23.4 Å². The molecule has 2 spiro atoms. The standard InChI is InChI=1S/C23H26FN3O2/c1-14-9-22(6-5-20(14)28-2)10-16-4-3-15(17-7-18(24)12-26-11-17)8-19(16)23(22)13-29-21(25)27-23/h3-4,7-8,11-12,14,20H,5-6,9-10,13H2,1-2H3,(H2,25,27)/t14-,20-,22-,23+/m1/s1. The molecular weight excluding hydrogens is 369 g/mol. The maximum absolute atomic E-state index is 13.7. The number of hydrogen-bond donors (Lipinski definition) is 1. The van der Waals surface area contributed by atoms with Gasteiger partial charge >= 0.3 is 0 Å². The molecule has 1 saturated carbocycles. The van der Waals surface area contributed by atoms with Crippen LogP contribution in [0.5, 0.6) is 0 Å². The Kier molecular flexibility index (Phi) is 4.17. The lowest BCUT2D eigenvalue weighted by atomic mass is 9.59. The van der Waals surface area contributed by atoms with Crippen molar-refractivity contribution < 1.29 is 13.9 Å². The highest BCUT2D eigenvalue weighted by Gasteiger charge is 2.62. The SMILES string of the molecule is CO[C@@H]1CC[C@]2(Cc3ccc(-c4cncc(F)c4)cc3[C@@]23COC(N)=N3)C[C@H]1C. The molecule has 0 amide bonds. The third kappa shape index (κ3) is 2.69. The van der Waals surface area contributed by atoms with Crippen molar-refractivity contribution in [2.45, 2.75) is 44.2 Å². The number of benzene rings is 1. The zero-order chi connectivity index (χ0) is 20.2. The van der Waals surface area contributed by atoms with Gasteiger partial charge in [-0.2, -0.15) is 0 Å². The number of aromatic nitrogens is 1. The highest BCUT2D eigenvalue weighted by atomic mass is 19.1. The molecule has 1 aromatic heterocycles. The first-order valence-corrected chi connectivity index (χ1v) is 10.2. The van der Waals surface area contributed by atoms with Crippen LogP contribution in [-0.2, 0) is 21.4 Å². The average molecular weight is 395 g/mol. The number of pyridine rings is 1. The number of hydrogen-bond acceptors (Lipinski definition) is 5. The first-order valence-electron chi connectivity index (χ1n) is 10.2. The molecule has 2 heterocycles. The van der Waals surface area contributed by atoms with Crippen LogP contribution >= 0.6 is 0 Å². The van der Waals surface area contributed by atoms with E-state index < -0.39 is 5.54 Å². The second-order valence-corrected chi connectivity index (χ2v) is 8.81. The molecule has 152 valence electrons. The van der Waals surface area contributed by atoms with Gasteiger partial charge < -0.3 is 15.2 Å². The molecule has 1 aromatic carbocycles. The second kappa shape index (κ2) is 6.52. The van der Waals surface area contributed by atoms with Crippen LogP contribution in [0, 0.1) is 17.2 Å². The highest BCUT2D eigenvalue weighted by molar-refractivity contribution is 5.76. The molecule has 0 radical (unpaired) electrons. The van der Waals surface area contributed by atoms with Crippen LogP contribution in [-0.4, -0.2) is 30.8 Å². The Morgan fingerprint density at radius 2 is 2.10 bits per heavy atom. The lowest BCUT2D eigenvalue weighted by Crippen LogP contribution is -2.48. The van der Waals surface area contributed by atoms with E-state index in [4.69, 9.17) is 20.2 Å². The summed E-state index contributed by atoms with van der Waals surface area (Å²) in [4.78, 5) is 8.92. The predicted octanol–water partition coefficient (Wildman–Crippen LogP) is 3.81. The van der Waals surface area contributed by atoms with Crippen molar-refractivity contribution in [2.75, 3.05) is 13.7 Å². The fourth-order valence-corrected chi connectivity index (χ4v) is 5.94. The minimum absolute atomic E-state index is 0.0380. The van der Waals surface area contributed by atoms with Crippen LogP contribution in [0.15, 0.2) is 41.7 Å². The Bertz CT molecular complexity index is 994. The van der Waals surface area contributed by atoms with E-state index >= 15 is 0 Å². The van der Waals surface area contributed by atoms with E-state index in [2.05, 4.69) is 30.1 Å². The van der Waals surface area contributed by atoms with Gasteiger partial charge in [-0.25, -0.2) is 9.38 Å². The van der Waals surface area contributed by atoms with E-state index in [1.807, 2.05) is 0 Å². The topological polar surface area (TPSA) is 69.7 Å². The van der Waals surface area contributed by atoms with Crippen molar-refractivity contribution in [3.05, 3.63) is 53.6 Å². The largest absolute Gasteiger partial charge is 0.462 e. The molecule has 6 heteroatoms. The summed E-state index contributed by atoms with van der Waals surface area (Å²) in [6, 6.07) is 8.12. The van der Waals surface area contributed by atoms with Crippen molar-refractivity contribution in [1.29, 1.82) is 0 Å². The molecule has 4 atom stereocenters. The van der Waals surface area contributed by atoms with Gasteiger partial charge in [-0.05, 0) is 60.4 Å². The van der Waals surface area contributed by atoms with Crippen molar-refractivity contribution in [3.8, 4) is 11.1 Å². The molecule has 0 unspecified atom stereocenters. The predicted molar refractivity (Wildman–Crippen MR) is 109 cm³/mol. The van der Waals surface area contributed by atoms with Crippen molar-refractivity contribution in [2.24, 2.45) is 22.1 Å². The Labute approximate surface area is 170 Å². The monoisotopic (exact) mass is 395 g/mol. The van der Waals surface area contributed by atoms with Gasteiger partial charge in [0.25, 0.3) is 6.02 Å². The van der Waals surface area contributed by atoms with Gasteiger partial charge in [0.15, 0.2) is 0 Å². The minimum Gasteiger partial charge on any atom is -0.462 e. The number of methoxy groups -OCH3 is 1. The summed E-state index contributed by atoms with van der Waals surface area (Å²) in [5.41, 5.74) is 9.64. The number of nitrogens with two attached hydrogens (primary N) is 1. The van der Waals surface area contributed by atoms with E-state index in [1.54, 1.807) is 13.3 Å². The average Bonchev–Trinajstić information content (AvgIpc) is 3.21. The number of halogens is 1.